The van der Waals surface area contributed by atoms with Gasteiger partial charge in [0.15, 0.2) is 4.34 Å². The number of fused-ring (bicyclic) bond motifs is 1. The van der Waals surface area contributed by atoms with E-state index in [4.69, 9.17) is 0 Å². The lowest BCUT2D eigenvalue weighted by atomic mass is 10.3. The van der Waals surface area contributed by atoms with E-state index in [9.17, 15) is 18.0 Å². The Kier molecular flexibility index (Phi) is 4.50. The summed E-state index contributed by atoms with van der Waals surface area (Å²) in [4.78, 5) is 16.1. The van der Waals surface area contributed by atoms with Gasteiger partial charge in [-0.25, -0.2) is 4.98 Å². The third-order valence-electron chi connectivity index (χ3n) is 2.51. The highest BCUT2D eigenvalue weighted by Gasteiger charge is 2.35. The normalized spacial score (nSPS) is 11.8. The van der Waals surface area contributed by atoms with Gasteiger partial charge in [-0.3, -0.25) is 10.1 Å². The molecule has 1 amide bonds. The number of thioether (sulfide) groups is 1. The summed E-state index contributed by atoms with van der Waals surface area (Å²) >= 11 is 2.96. The number of anilines is 1. The van der Waals surface area contributed by atoms with Crippen molar-refractivity contribution in [1.82, 2.24) is 15.2 Å². The topological polar surface area (TPSA) is 67.8 Å². The van der Waals surface area contributed by atoms with Gasteiger partial charge >= 0.3 is 6.18 Å². The molecular weight excluding hydrogens is 369 g/mol. The summed E-state index contributed by atoms with van der Waals surface area (Å²) in [5.74, 6) is -0.431. The maximum Gasteiger partial charge on any atom is 0.445 e. The number of hydrogen-bond donors (Lipinski definition) is 1. The molecule has 0 saturated heterocycles. The number of thiazole rings is 1. The highest BCUT2D eigenvalue weighted by molar-refractivity contribution is 8.01. The van der Waals surface area contributed by atoms with Crippen LogP contribution in [0.3, 0.4) is 0 Å². The first-order valence-corrected chi connectivity index (χ1v) is 8.72. The van der Waals surface area contributed by atoms with Gasteiger partial charge in [-0.1, -0.05) is 35.2 Å². The van der Waals surface area contributed by atoms with Gasteiger partial charge in [-0.15, -0.1) is 21.5 Å². The molecule has 0 spiro atoms. The van der Waals surface area contributed by atoms with Gasteiger partial charge in [0.05, 0.1) is 16.0 Å². The molecule has 3 aromatic rings. The fraction of sp³-hybridized carbons (Fsp3) is 0.167. The van der Waals surface area contributed by atoms with Crippen LogP contribution >= 0.6 is 34.4 Å². The average molecular weight is 376 g/mol. The lowest BCUT2D eigenvalue weighted by molar-refractivity contribution is -0.138. The molecule has 0 aliphatic heterocycles. The maximum atomic E-state index is 12.4. The number of nitrogens with zero attached hydrogens (tertiary/aromatic N) is 3. The van der Waals surface area contributed by atoms with Crippen LogP contribution in [0.2, 0.25) is 0 Å². The third kappa shape index (κ3) is 3.98. The van der Waals surface area contributed by atoms with Crippen molar-refractivity contribution in [2.24, 2.45) is 0 Å². The van der Waals surface area contributed by atoms with Crippen LogP contribution in [0.25, 0.3) is 10.2 Å². The largest absolute Gasteiger partial charge is 0.445 e. The Labute approximate surface area is 140 Å². The van der Waals surface area contributed by atoms with Crippen molar-refractivity contribution in [2.75, 3.05) is 11.1 Å². The predicted molar refractivity (Wildman–Crippen MR) is 83.9 cm³/mol. The molecule has 5 nitrogen and oxygen atoms in total. The van der Waals surface area contributed by atoms with Gasteiger partial charge in [0.25, 0.3) is 0 Å². The van der Waals surface area contributed by atoms with Gasteiger partial charge in [-0.05, 0) is 12.1 Å². The smallest absolute Gasteiger partial charge is 0.300 e. The van der Waals surface area contributed by atoms with Crippen molar-refractivity contribution in [3.63, 3.8) is 0 Å². The SMILES string of the molecule is O=C(CSc1nc2ccccc2s1)Nc1nnc(C(F)(F)F)s1. The Bertz CT molecular complexity index is 812. The van der Waals surface area contributed by atoms with Crippen LogP contribution in [0.5, 0.6) is 0 Å². The van der Waals surface area contributed by atoms with E-state index in [1.54, 1.807) is 0 Å². The third-order valence-corrected chi connectivity index (χ3v) is 5.58. The van der Waals surface area contributed by atoms with E-state index < -0.39 is 17.1 Å². The zero-order valence-electron chi connectivity index (χ0n) is 11.1. The molecule has 23 heavy (non-hydrogen) atoms. The number of carbonyl (C=O) groups is 1. The van der Waals surface area contributed by atoms with Crippen LogP contribution in [-0.2, 0) is 11.0 Å². The molecule has 1 aromatic carbocycles. The van der Waals surface area contributed by atoms with Gasteiger partial charge in [-0.2, -0.15) is 13.2 Å². The summed E-state index contributed by atoms with van der Waals surface area (Å²) in [7, 11) is 0. The summed E-state index contributed by atoms with van der Waals surface area (Å²) in [5.41, 5.74) is 0.847. The molecule has 120 valence electrons. The zero-order valence-corrected chi connectivity index (χ0v) is 13.6. The van der Waals surface area contributed by atoms with E-state index >= 15 is 0 Å². The Morgan fingerprint density at radius 3 is 2.70 bits per heavy atom. The molecule has 0 fully saturated rings. The highest BCUT2D eigenvalue weighted by atomic mass is 32.2. The van der Waals surface area contributed by atoms with E-state index in [0.29, 0.717) is 11.3 Å². The Morgan fingerprint density at radius 1 is 1.22 bits per heavy atom. The van der Waals surface area contributed by atoms with Crippen molar-refractivity contribution in [1.29, 1.82) is 0 Å². The Balaban J connectivity index is 1.58. The number of carbonyl (C=O) groups excluding carboxylic acids is 1. The molecule has 0 saturated carbocycles. The second kappa shape index (κ2) is 6.42. The molecule has 0 aliphatic rings. The fourth-order valence-electron chi connectivity index (χ4n) is 1.58. The number of amides is 1. The number of nitrogens with one attached hydrogen (secondary N) is 1. The van der Waals surface area contributed by atoms with E-state index in [2.05, 4.69) is 20.5 Å². The monoisotopic (exact) mass is 376 g/mol. The molecule has 11 heteroatoms. The first-order valence-electron chi connectivity index (χ1n) is 6.11. The van der Waals surface area contributed by atoms with E-state index in [-0.39, 0.29) is 10.9 Å². The van der Waals surface area contributed by atoms with Crippen LogP contribution in [-0.4, -0.2) is 26.8 Å². The lowest BCUT2D eigenvalue weighted by Gasteiger charge is -1.99. The summed E-state index contributed by atoms with van der Waals surface area (Å²) in [5, 5.41) is 7.34. The van der Waals surface area contributed by atoms with Crippen LogP contribution in [0.15, 0.2) is 28.6 Å². The van der Waals surface area contributed by atoms with E-state index in [0.717, 1.165) is 14.6 Å². The van der Waals surface area contributed by atoms with Crippen molar-refractivity contribution in [3.05, 3.63) is 29.3 Å². The number of halogens is 3. The van der Waals surface area contributed by atoms with Crippen molar-refractivity contribution < 1.29 is 18.0 Å². The fourth-order valence-corrected chi connectivity index (χ4v) is 4.08. The van der Waals surface area contributed by atoms with Crippen LogP contribution in [0.4, 0.5) is 18.3 Å². The van der Waals surface area contributed by atoms with Gasteiger partial charge in [0, 0.05) is 0 Å². The minimum Gasteiger partial charge on any atom is -0.300 e. The zero-order chi connectivity index (χ0) is 16.4. The standard InChI is InChI=1S/C12H7F3N4OS3/c13-12(14,15)9-18-19-10(23-9)17-8(20)5-21-11-16-6-3-1-2-4-7(6)22-11/h1-4H,5H2,(H,17,19,20). The maximum absolute atomic E-state index is 12.4. The van der Waals surface area contributed by atoms with E-state index in [1.807, 2.05) is 24.3 Å². The van der Waals surface area contributed by atoms with Crippen molar-refractivity contribution in [3.8, 4) is 0 Å². The average Bonchev–Trinajstić information content (AvgIpc) is 3.10. The molecular formula is C12H7F3N4OS3. The first kappa shape index (κ1) is 16.1. The predicted octanol–water partition coefficient (Wildman–Crippen LogP) is 3.90. The van der Waals surface area contributed by atoms with Gasteiger partial charge in [0.1, 0.15) is 0 Å². The molecule has 0 aliphatic carbocycles. The number of rotatable bonds is 4. The Hall–Kier alpha value is -1.72. The number of aromatic nitrogens is 3. The highest BCUT2D eigenvalue weighted by Crippen LogP contribution is 2.33. The number of alkyl halides is 3. The van der Waals surface area contributed by atoms with Crippen LogP contribution in [0.1, 0.15) is 5.01 Å². The van der Waals surface area contributed by atoms with E-state index in [1.165, 1.54) is 23.1 Å². The number of benzene rings is 1. The summed E-state index contributed by atoms with van der Waals surface area (Å²) in [6.07, 6.45) is -4.56. The first-order chi connectivity index (χ1) is 10.9. The molecule has 0 unspecified atom stereocenters. The van der Waals surface area contributed by atoms with Crippen molar-refractivity contribution in [2.45, 2.75) is 10.5 Å². The second-order valence-corrected chi connectivity index (χ2v) is 7.43. The minimum atomic E-state index is -4.56. The molecule has 2 heterocycles. The summed E-state index contributed by atoms with van der Waals surface area (Å²) < 4.78 is 38.9. The van der Waals surface area contributed by atoms with Gasteiger partial charge in [0.2, 0.25) is 16.0 Å². The molecule has 0 atom stereocenters. The van der Waals surface area contributed by atoms with Crippen LogP contribution in [0, 0.1) is 0 Å². The van der Waals surface area contributed by atoms with Crippen LogP contribution < -0.4 is 5.32 Å². The van der Waals surface area contributed by atoms with Crippen molar-refractivity contribution >= 4 is 55.7 Å². The second-order valence-electron chi connectivity index (χ2n) is 4.19. The number of para-hydroxylation sites is 1. The molecule has 0 bridgehead atoms. The minimum absolute atomic E-state index is 0.0285. The molecule has 2 aromatic heterocycles. The summed E-state index contributed by atoms with van der Waals surface area (Å²) in [6.45, 7) is 0. The lowest BCUT2D eigenvalue weighted by Crippen LogP contribution is -2.13. The Morgan fingerprint density at radius 2 is 2.00 bits per heavy atom. The van der Waals surface area contributed by atoms with Gasteiger partial charge < -0.3 is 0 Å². The summed E-state index contributed by atoms with van der Waals surface area (Å²) in [6, 6.07) is 7.57. The molecule has 1 N–H and O–H groups in total. The molecule has 3 rings (SSSR count). The number of hydrogen-bond acceptors (Lipinski definition) is 7. The quantitative estimate of drug-likeness (QED) is 0.700. The molecule has 0 radical (unpaired) electrons.